The zero-order chi connectivity index (χ0) is 20.2. The second-order valence-electron chi connectivity index (χ2n) is 6.11. The molecule has 8 heteroatoms. The number of amides is 1. The third-order valence-electron chi connectivity index (χ3n) is 4.01. The Morgan fingerprint density at radius 3 is 2.66 bits per heavy atom. The van der Waals surface area contributed by atoms with Crippen molar-refractivity contribution in [1.82, 2.24) is 9.97 Å². The van der Waals surface area contributed by atoms with Crippen LogP contribution in [0.15, 0.2) is 69.7 Å². The largest absolute Gasteiger partial charge is 0.274 e. The van der Waals surface area contributed by atoms with E-state index in [1.807, 2.05) is 35.7 Å². The lowest BCUT2D eigenvalue weighted by Gasteiger charge is -2.18. The number of carbonyl (C=O) groups excluding carboxylic acids is 1. The van der Waals surface area contributed by atoms with E-state index in [1.165, 1.54) is 18.3 Å². The molecule has 29 heavy (non-hydrogen) atoms. The SMILES string of the molecule is CC(=O)N(c1cccc(Cl)c1)c1nc(CSc2nc(-c3ccccc3)cs2)cs1. The Bertz CT molecular complexity index is 1130. The topological polar surface area (TPSA) is 46.1 Å². The molecular weight excluding hydrogens is 442 g/mol. The second-order valence-corrected chi connectivity index (χ2v) is 9.46. The Labute approximate surface area is 186 Å². The van der Waals surface area contributed by atoms with Gasteiger partial charge < -0.3 is 0 Å². The average Bonchev–Trinajstić information content (AvgIpc) is 3.37. The molecule has 4 nitrogen and oxygen atoms in total. The van der Waals surface area contributed by atoms with E-state index in [-0.39, 0.29) is 5.91 Å². The highest BCUT2D eigenvalue weighted by molar-refractivity contribution is 8.00. The van der Waals surface area contributed by atoms with Gasteiger partial charge >= 0.3 is 0 Å². The molecule has 0 aliphatic carbocycles. The van der Waals surface area contributed by atoms with Crippen LogP contribution in [0.25, 0.3) is 11.3 Å². The van der Waals surface area contributed by atoms with E-state index in [0.717, 1.165) is 21.3 Å². The van der Waals surface area contributed by atoms with Gasteiger partial charge in [0, 0.05) is 34.0 Å². The van der Waals surface area contributed by atoms with Crippen LogP contribution < -0.4 is 4.90 Å². The van der Waals surface area contributed by atoms with Crippen LogP contribution in [0.3, 0.4) is 0 Å². The third kappa shape index (κ3) is 4.87. The highest BCUT2D eigenvalue weighted by Gasteiger charge is 2.18. The Morgan fingerprint density at radius 2 is 1.90 bits per heavy atom. The van der Waals surface area contributed by atoms with Crippen molar-refractivity contribution < 1.29 is 4.79 Å². The number of thiazole rings is 2. The van der Waals surface area contributed by atoms with Crippen molar-refractivity contribution in [1.29, 1.82) is 0 Å². The number of halogens is 1. The van der Waals surface area contributed by atoms with E-state index in [4.69, 9.17) is 16.6 Å². The molecule has 2 heterocycles. The highest BCUT2D eigenvalue weighted by Crippen LogP contribution is 2.34. The Hall–Kier alpha value is -2.19. The Balaban J connectivity index is 1.46. The summed E-state index contributed by atoms with van der Waals surface area (Å²) in [6, 6.07) is 17.4. The van der Waals surface area contributed by atoms with Gasteiger partial charge in [0.25, 0.3) is 0 Å². The Kier molecular flexibility index (Phi) is 6.30. The summed E-state index contributed by atoms with van der Waals surface area (Å²) in [4.78, 5) is 23.2. The molecule has 4 aromatic rings. The number of benzene rings is 2. The first-order chi connectivity index (χ1) is 14.1. The molecule has 0 bridgehead atoms. The predicted octanol–water partition coefficient (Wildman–Crippen LogP) is 6.90. The zero-order valence-electron chi connectivity index (χ0n) is 15.4. The molecule has 0 saturated heterocycles. The number of hydrogen-bond donors (Lipinski definition) is 0. The van der Waals surface area contributed by atoms with Gasteiger partial charge in [-0.3, -0.25) is 9.69 Å². The van der Waals surface area contributed by atoms with E-state index in [0.29, 0.717) is 21.6 Å². The highest BCUT2D eigenvalue weighted by atomic mass is 35.5. The van der Waals surface area contributed by atoms with Crippen LogP contribution in [0.2, 0.25) is 5.02 Å². The fraction of sp³-hybridized carbons (Fsp3) is 0.0952. The van der Waals surface area contributed by atoms with Gasteiger partial charge in [0.2, 0.25) is 5.91 Å². The molecule has 2 aromatic heterocycles. The summed E-state index contributed by atoms with van der Waals surface area (Å²) in [7, 11) is 0. The number of nitrogens with zero attached hydrogens (tertiary/aromatic N) is 3. The standard InChI is InChI=1S/C21H16ClN3OS3/c1-14(26)25(18-9-5-8-16(22)10-18)20-23-17(11-27-20)12-28-21-24-19(13-29-21)15-6-3-2-4-7-15/h2-11,13H,12H2,1H3. The molecule has 4 rings (SSSR count). The maximum atomic E-state index is 12.2. The first-order valence-electron chi connectivity index (χ1n) is 8.74. The number of aromatic nitrogens is 2. The summed E-state index contributed by atoms with van der Waals surface area (Å²) < 4.78 is 0.997. The van der Waals surface area contributed by atoms with E-state index < -0.39 is 0 Å². The molecule has 146 valence electrons. The first kappa shape index (κ1) is 20.1. The van der Waals surface area contributed by atoms with Gasteiger partial charge in [0.15, 0.2) is 9.47 Å². The van der Waals surface area contributed by atoms with E-state index in [2.05, 4.69) is 22.5 Å². The fourth-order valence-corrected chi connectivity index (χ4v) is 5.61. The molecule has 0 aliphatic rings. The van der Waals surface area contributed by atoms with Crippen molar-refractivity contribution in [3.05, 3.63) is 76.1 Å². The zero-order valence-corrected chi connectivity index (χ0v) is 18.6. The van der Waals surface area contributed by atoms with Gasteiger partial charge in [-0.2, -0.15) is 0 Å². The third-order valence-corrected chi connectivity index (χ3v) is 7.17. The quantitative estimate of drug-likeness (QED) is 0.295. The van der Waals surface area contributed by atoms with Crippen LogP contribution in [-0.2, 0) is 10.5 Å². The van der Waals surface area contributed by atoms with Crippen LogP contribution in [-0.4, -0.2) is 15.9 Å². The molecule has 0 unspecified atom stereocenters. The lowest BCUT2D eigenvalue weighted by Crippen LogP contribution is -2.22. The summed E-state index contributed by atoms with van der Waals surface area (Å²) in [5, 5.41) is 5.27. The number of thioether (sulfide) groups is 1. The number of hydrogen-bond acceptors (Lipinski definition) is 6. The normalized spacial score (nSPS) is 10.8. The lowest BCUT2D eigenvalue weighted by atomic mass is 10.2. The molecule has 0 spiro atoms. The molecular formula is C21H16ClN3OS3. The smallest absolute Gasteiger partial charge is 0.230 e. The van der Waals surface area contributed by atoms with Gasteiger partial charge in [0.05, 0.1) is 17.1 Å². The van der Waals surface area contributed by atoms with Crippen LogP contribution in [0.5, 0.6) is 0 Å². The molecule has 0 saturated carbocycles. The maximum absolute atomic E-state index is 12.2. The van der Waals surface area contributed by atoms with Crippen molar-refractivity contribution in [2.75, 3.05) is 4.90 Å². The van der Waals surface area contributed by atoms with Crippen LogP contribution in [0, 0.1) is 0 Å². The second kappa shape index (κ2) is 9.09. The van der Waals surface area contributed by atoms with Crippen molar-refractivity contribution in [3.8, 4) is 11.3 Å². The summed E-state index contributed by atoms with van der Waals surface area (Å²) in [5.41, 5.74) is 3.73. The minimum Gasteiger partial charge on any atom is -0.274 e. The molecule has 0 fully saturated rings. The van der Waals surface area contributed by atoms with Crippen molar-refractivity contribution >= 4 is 62.8 Å². The minimum absolute atomic E-state index is 0.103. The van der Waals surface area contributed by atoms with Crippen molar-refractivity contribution in [3.63, 3.8) is 0 Å². The van der Waals surface area contributed by atoms with Gasteiger partial charge in [-0.1, -0.05) is 59.8 Å². The van der Waals surface area contributed by atoms with Gasteiger partial charge in [0.1, 0.15) is 0 Å². The molecule has 2 aromatic carbocycles. The molecule has 0 radical (unpaired) electrons. The van der Waals surface area contributed by atoms with E-state index in [9.17, 15) is 4.79 Å². The number of anilines is 2. The molecule has 1 amide bonds. The van der Waals surface area contributed by atoms with Crippen LogP contribution in [0.1, 0.15) is 12.6 Å². The molecule has 0 aliphatic heterocycles. The summed E-state index contributed by atoms with van der Waals surface area (Å²) in [6.45, 7) is 1.53. The number of carbonyl (C=O) groups is 1. The van der Waals surface area contributed by atoms with Crippen LogP contribution >= 0.6 is 46.0 Å². The molecule has 0 N–H and O–H groups in total. The summed E-state index contributed by atoms with van der Waals surface area (Å²) in [6.07, 6.45) is 0. The van der Waals surface area contributed by atoms with Crippen molar-refractivity contribution in [2.45, 2.75) is 17.0 Å². The maximum Gasteiger partial charge on any atom is 0.230 e. The fourth-order valence-electron chi connectivity index (χ4n) is 2.71. The van der Waals surface area contributed by atoms with Gasteiger partial charge in [-0.25, -0.2) is 9.97 Å². The van der Waals surface area contributed by atoms with Crippen LogP contribution in [0.4, 0.5) is 10.8 Å². The summed E-state index contributed by atoms with van der Waals surface area (Å²) >= 11 is 10.8. The van der Waals surface area contributed by atoms with Crippen molar-refractivity contribution in [2.24, 2.45) is 0 Å². The predicted molar refractivity (Wildman–Crippen MR) is 123 cm³/mol. The number of rotatable bonds is 6. The van der Waals surface area contributed by atoms with Gasteiger partial charge in [-0.05, 0) is 18.2 Å². The summed E-state index contributed by atoms with van der Waals surface area (Å²) in [5.74, 6) is 0.591. The van der Waals surface area contributed by atoms with Gasteiger partial charge in [-0.15, -0.1) is 22.7 Å². The van der Waals surface area contributed by atoms with E-state index in [1.54, 1.807) is 40.1 Å². The van der Waals surface area contributed by atoms with E-state index >= 15 is 0 Å². The minimum atomic E-state index is -0.103. The average molecular weight is 458 g/mol. The molecule has 0 atom stereocenters. The first-order valence-corrected chi connectivity index (χ1v) is 11.9. The monoisotopic (exact) mass is 457 g/mol. The lowest BCUT2D eigenvalue weighted by molar-refractivity contribution is -0.115. The Morgan fingerprint density at radius 1 is 1.07 bits per heavy atom.